The second-order valence-electron chi connectivity index (χ2n) is 10.6. The number of benzene rings is 8. The first kappa shape index (κ1) is 16.7. The molecule has 1 heteroatoms. The van der Waals surface area contributed by atoms with Crippen molar-refractivity contribution < 1.29 is 16.8 Å². The third kappa shape index (κ3) is 3.72. The van der Waals surface area contributed by atoms with Crippen LogP contribution >= 0.6 is 0 Å². The van der Waals surface area contributed by atoms with Crippen LogP contribution in [0, 0.1) is 0 Å². The minimum atomic E-state index is -0.604. The van der Waals surface area contributed by atoms with Crippen LogP contribution in [-0.4, -0.2) is 0 Å². The van der Waals surface area contributed by atoms with Crippen LogP contribution in [0.3, 0.4) is 0 Å². The van der Waals surface area contributed by atoms with E-state index in [2.05, 4.69) is 36.4 Å². The molecular weight excluding hydrogens is 520 g/mol. The molecule has 9 rings (SSSR count). The Morgan fingerprint density at radius 1 is 0.419 bits per heavy atom. The van der Waals surface area contributed by atoms with Gasteiger partial charge in [0, 0.05) is 16.2 Å². The molecular formula is C42H26O. The molecule has 0 aliphatic rings. The molecule has 1 heterocycles. The quantitative estimate of drug-likeness (QED) is 0.198. The molecule has 0 saturated heterocycles. The number of furan rings is 1. The van der Waals surface area contributed by atoms with E-state index in [1.807, 2.05) is 66.7 Å². The highest BCUT2D eigenvalue weighted by atomic mass is 16.3. The van der Waals surface area contributed by atoms with Gasteiger partial charge in [0.25, 0.3) is 0 Å². The minimum Gasteiger partial charge on any atom is -0.455 e. The van der Waals surface area contributed by atoms with Crippen molar-refractivity contribution in [3.8, 4) is 33.4 Å². The smallest absolute Gasteiger partial charge is 0.143 e. The first-order valence-corrected chi connectivity index (χ1v) is 14.0. The molecule has 0 saturated carbocycles. The van der Waals surface area contributed by atoms with Crippen LogP contribution in [0.5, 0.6) is 0 Å². The fourth-order valence-corrected chi connectivity index (χ4v) is 6.34. The normalized spacial score (nSPS) is 14.7. The number of rotatable bonds is 3. The summed E-state index contributed by atoms with van der Waals surface area (Å²) in [5.41, 5.74) is 3.27. The third-order valence-electron chi connectivity index (χ3n) is 8.21. The van der Waals surface area contributed by atoms with E-state index in [4.69, 9.17) is 15.4 Å². The molecule has 43 heavy (non-hydrogen) atoms. The molecule has 0 aliphatic carbocycles. The summed E-state index contributed by atoms with van der Waals surface area (Å²) in [5.74, 6) is 0. The number of hydrogen-bond donors (Lipinski definition) is 0. The van der Waals surface area contributed by atoms with Crippen LogP contribution in [-0.2, 0) is 0 Å². The average molecular weight is 556 g/mol. The Morgan fingerprint density at radius 3 is 1.72 bits per heavy atom. The Labute approximate surface area is 261 Å². The van der Waals surface area contributed by atoms with Gasteiger partial charge in [0.15, 0.2) is 0 Å². The van der Waals surface area contributed by atoms with E-state index in [1.54, 1.807) is 0 Å². The zero-order chi connectivity index (χ0) is 36.2. The van der Waals surface area contributed by atoms with Crippen molar-refractivity contribution in [2.24, 2.45) is 0 Å². The minimum absolute atomic E-state index is 0.0429. The van der Waals surface area contributed by atoms with Crippen molar-refractivity contribution in [2.45, 2.75) is 0 Å². The van der Waals surface area contributed by atoms with Crippen molar-refractivity contribution in [3.05, 3.63) is 158 Å². The van der Waals surface area contributed by atoms with Gasteiger partial charge < -0.3 is 4.42 Å². The molecule has 8 aromatic carbocycles. The predicted octanol–water partition coefficient (Wildman–Crippen LogP) is 12.0. The summed E-state index contributed by atoms with van der Waals surface area (Å²) >= 11 is 0. The number of fused-ring (bicyclic) bond motifs is 7. The Hall–Kier alpha value is -5.66. The first-order chi connectivity index (χ1) is 25.1. The van der Waals surface area contributed by atoms with E-state index in [0.29, 0.717) is 16.3 Å². The van der Waals surface area contributed by atoms with E-state index < -0.39 is 42.3 Å². The van der Waals surface area contributed by atoms with Crippen LogP contribution in [0.1, 0.15) is 12.3 Å². The first-order valence-electron chi connectivity index (χ1n) is 18.5. The molecule has 1 aromatic heterocycles. The van der Waals surface area contributed by atoms with Crippen molar-refractivity contribution >= 4 is 54.3 Å². The third-order valence-corrected chi connectivity index (χ3v) is 8.21. The summed E-state index contributed by atoms with van der Waals surface area (Å²) < 4.78 is 84.7. The van der Waals surface area contributed by atoms with Gasteiger partial charge >= 0.3 is 0 Å². The summed E-state index contributed by atoms with van der Waals surface area (Å²) in [6.07, 6.45) is 0. The maximum atomic E-state index is 9.49. The fourth-order valence-electron chi connectivity index (χ4n) is 6.34. The molecule has 0 spiro atoms. The Kier molecular flexibility index (Phi) is 3.67. The molecule has 0 amide bonds. The predicted molar refractivity (Wildman–Crippen MR) is 183 cm³/mol. The van der Waals surface area contributed by atoms with Crippen LogP contribution in [0.4, 0.5) is 0 Å². The maximum absolute atomic E-state index is 9.49. The van der Waals surface area contributed by atoms with Gasteiger partial charge in [-0.15, -0.1) is 0 Å². The Morgan fingerprint density at radius 2 is 1.00 bits per heavy atom. The van der Waals surface area contributed by atoms with E-state index in [-0.39, 0.29) is 28.8 Å². The zero-order valence-corrected chi connectivity index (χ0v) is 22.7. The van der Waals surface area contributed by atoms with Gasteiger partial charge in [0.1, 0.15) is 11.2 Å². The molecule has 0 atom stereocenters. The second-order valence-corrected chi connectivity index (χ2v) is 10.6. The number of hydrogen-bond acceptors (Lipinski definition) is 1. The van der Waals surface area contributed by atoms with Crippen molar-refractivity contribution in [1.82, 2.24) is 0 Å². The molecule has 0 radical (unpaired) electrons. The summed E-state index contributed by atoms with van der Waals surface area (Å²) in [7, 11) is 0. The Bertz CT molecular complexity index is 2930. The highest BCUT2D eigenvalue weighted by Crippen LogP contribution is 2.45. The second kappa shape index (κ2) is 9.44. The van der Waals surface area contributed by atoms with Crippen molar-refractivity contribution in [2.75, 3.05) is 0 Å². The van der Waals surface area contributed by atoms with Crippen LogP contribution in [0.25, 0.3) is 87.6 Å². The monoisotopic (exact) mass is 555 g/mol. The molecule has 0 fully saturated rings. The van der Waals surface area contributed by atoms with Crippen molar-refractivity contribution in [3.63, 3.8) is 0 Å². The lowest BCUT2D eigenvalue weighted by Crippen LogP contribution is -1.91. The van der Waals surface area contributed by atoms with E-state index >= 15 is 0 Å². The fraction of sp³-hybridized carbons (Fsp3) is 0. The lowest BCUT2D eigenvalue weighted by Gasteiger charge is -2.18. The Balaban J connectivity index is 1.37. The summed E-state index contributed by atoms with van der Waals surface area (Å²) in [6, 6.07) is 29.1. The molecule has 1 nitrogen and oxygen atoms in total. The van der Waals surface area contributed by atoms with Crippen LogP contribution < -0.4 is 0 Å². The van der Waals surface area contributed by atoms with E-state index in [0.717, 1.165) is 54.6 Å². The van der Waals surface area contributed by atoms with Gasteiger partial charge in [-0.2, -0.15) is 0 Å². The summed E-state index contributed by atoms with van der Waals surface area (Å²) in [6.45, 7) is 0. The standard InChI is InChI=1S/C42H26O/c1-2-11-27(12-3-1)29-14-10-15-30(25-29)40-34-17-6-8-19-36(34)41(37-20-9-7-18-35(37)40)31-22-23-33-38-24-21-28-13-4-5-16-32(28)42(38)43-39(33)26-31/h1-26H/i1D,2D,3D,10D,11D,12D,14D,15D,25D. The van der Waals surface area contributed by atoms with Gasteiger partial charge in [-0.25, -0.2) is 0 Å². The molecule has 0 N–H and O–H groups in total. The zero-order valence-electron chi connectivity index (χ0n) is 31.7. The largest absolute Gasteiger partial charge is 0.455 e. The molecule has 0 bridgehead atoms. The topological polar surface area (TPSA) is 13.1 Å². The summed E-state index contributed by atoms with van der Waals surface area (Å²) in [4.78, 5) is 0. The van der Waals surface area contributed by atoms with Gasteiger partial charge in [-0.1, -0.05) is 133 Å². The van der Waals surface area contributed by atoms with E-state index in [1.165, 1.54) is 0 Å². The van der Waals surface area contributed by atoms with Crippen molar-refractivity contribution in [1.29, 1.82) is 0 Å². The highest BCUT2D eigenvalue weighted by Gasteiger charge is 2.18. The van der Waals surface area contributed by atoms with Gasteiger partial charge in [0.05, 0.1) is 12.3 Å². The van der Waals surface area contributed by atoms with E-state index in [9.17, 15) is 1.37 Å². The summed E-state index contributed by atoms with van der Waals surface area (Å²) in [5, 5.41) is 7.17. The van der Waals surface area contributed by atoms with Crippen LogP contribution in [0.2, 0.25) is 0 Å². The van der Waals surface area contributed by atoms with Crippen LogP contribution in [0.15, 0.2) is 162 Å². The molecule has 9 aromatic rings. The molecule has 200 valence electrons. The van der Waals surface area contributed by atoms with Gasteiger partial charge in [-0.3, -0.25) is 0 Å². The van der Waals surface area contributed by atoms with Gasteiger partial charge in [-0.05, 0) is 84.6 Å². The average Bonchev–Trinajstić information content (AvgIpc) is 3.55. The maximum Gasteiger partial charge on any atom is 0.143 e. The lowest BCUT2D eigenvalue weighted by molar-refractivity contribution is 0.673. The van der Waals surface area contributed by atoms with Gasteiger partial charge in [0.2, 0.25) is 0 Å². The molecule has 0 aliphatic heterocycles. The molecule has 0 unspecified atom stereocenters. The SMILES string of the molecule is [2H]c1c([2H])c([2H])c(-c2c([2H])c([2H])c([2H])c(-c3c4ccccc4c(-c4ccc5c(c4)oc4c6ccccc6ccc54)c4ccccc34)c2[2H])c([2H])c1[2H]. The highest BCUT2D eigenvalue weighted by molar-refractivity contribution is 6.22. The lowest BCUT2D eigenvalue weighted by atomic mass is 9.85.